The van der Waals surface area contributed by atoms with E-state index in [4.69, 9.17) is 11.6 Å². The lowest BCUT2D eigenvalue weighted by atomic mass is 10.2. The zero-order chi connectivity index (χ0) is 14.7. The molecule has 2 nitrogen and oxygen atoms in total. The Kier molecular flexibility index (Phi) is 4.39. The number of nitrogens with zero attached hydrogens (tertiary/aromatic N) is 1. The average Bonchev–Trinajstić information content (AvgIpc) is 3.18. The molecule has 1 aromatic carbocycles. The summed E-state index contributed by atoms with van der Waals surface area (Å²) in [6.45, 7) is 0.526. The Morgan fingerprint density at radius 2 is 1.76 bits per heavy atom. The van der Waals surface area contributed by atoms with Gasteiger partial charge in [0.05, 0.1) is 22.1 Å². The normalized spacial score (nSPS) is 10.5. The SMILES string of the molecule is O=C(c1cccs1)N(Cc1cccs1)c1ccccc1Cl. The summed E-state index contributed by atoms with van der Waals surface area (Å²) < 4.78 is 0. The van der Waals surface area contributed by atoms with Gasteiger partial charge in [0.2, 0.25) is 0 Å². The molecule has 0 saturated carbocycles. The molecule has 2 heterocycles. The minimum atomic E-state index is -0.0218. The number of hydrogen-bond acceptors (Lipinski definition) is 3. The Bertz CT molecular complexity index is 723. The molecule has 106 valence electrons. The number of carbonyl (C=O) groups excluding carboxylic acids is 1. The largest absolute Gasteiger partial charge is 0.301 e. The van der Waals surface area contributed by atoms with Gasteiger partial charge in [0, 0.05) is 4.88 Å². The first-order valence-corrected chi connectivity index (χ1v) is 8.52. The van der Waals surface area contributed by atoms with E-state index in [-0.39, 0.29) is 5.91 Å². The molecule has 0 spiro atoms. The fraction of sp³-hybridized carbons (Fsp3) is 0.0625. The Morgan fingerprint density at radius 1 is 1.00 bits per heavy atom. The van der Waals surface area contributed by atoms with E-state index in [9.17, 15) is 4.79 Å². The van der Waals surface area contributed by atoms with E-state index in [0.29, 0.717) is 16.4 Å². The number of carbonyl (C=O) groups is 1. The van der Waals surface area contributed by atoms with Gasteiger partial charge >= 0.3 is 0 Å². The second-order valence-electron chi connectivity index (χ2n) is 4.40. The second-order valence-corrected chi connectivity index (χ2v) is 6.79. The molecule has 21 heavy (non-hydrogen) atoms. The molecule has 0 saturated heterocycles. The second kappa shape index (κ2) is 6.43. The van der Waals surface area contributed by atoms with Crippen LogP contribution in [0.1, 0.15) is 14.5 Å². The minimum absolute atomic E-state index is 0.0218. The van der Waals surface area contributed by atoms with Crippen LogP contribution in [0.4, 0.5) is 5.69 Å². The third kappa shape index (κ3) is 3.18. The van der Waals surface area contributed by atoms with Gasteiger partial charge in [0.1, 0.15) is 0 Å². The van der Waals surface area contributed by atoms with Crippen LogP contribution in [-0.4, -0.2) is 5.91 Å². The van der Waals surface area contributed by atoms with Crippen LogP contribution >= 0.6 is 34.3 Å². The van der Waals surface area contributed by atoms with Gasteiger partial charge in [-0.2, -0.15) is 0 Å². The highest BCUT2D eigenvalue weighted by atomic mass is 35.5. The smallest absolute Gasteiger partial charge is 0.268 e. The predicted octanol–water partition coefficient (Wildman–Crippen LogP) is 5.31. The lowest BCUT2D eigenvalue weighted by molar-refractivity contribution is 0.0989. The summed E-state index contributed by atoms with van der Waals surface area (Å²) in [5, 5.41) is 4.50. The van der Waals surface area contributed by atoms with Crippen molar-refractivity contribution in [1.82, 2.24) is 0 Å². The molecule has 3 rings (SSSR count). The van der Waals surface area contributed by atoms with Crippen molar-refractivity contribution in [2.75, 3.05) is 4.90 Å². The van der Waals surface area contributed by atoms with Gasteiger partial charge in [0.25, 0.3) is 5.91 Å². The number of thiophene rings is 2. The molecule has 2 aromatic heterocycles. The van der Waals surface area contributed by atoms with Crippen molar-refractivity contribution in [2.45, 2.75) is 6.54 Å². The maximum atomic E-state index is 12.8. The number of benzene rings is 1. The van der Waals surface area contributed by atoms with E-state index in [1.807, 2.05) is 53.2 Å². The topological polar surface area (TPSA) is 20.3 Å². The fourth-order valence-corrected chi connectivity index (χ4v) is 3.63. The first-order valence-electron chi connectivity index (χ1n) is 6.38. The number of rotatable bonds is 4. The highest BCUT2D eigenvalue weighted by molar-refractivity contribution is 7.12. The van der Waals surface area contributed by atoms with Crippen LogP contribution in [0.5, 0.6) is 0 Å². The first kappa shape index (κ1) is 14.3. The lowest BCUT2D eigenvalue weighted by Crippen LogP contribution is -2.29. The summed E-state index contributed by atoms with van der Waals surface area (Å²) in [6.07, 6.45) is 0. The van der Waals surface area contributed by atoms with E-state index in [0.717, 1.165) is 10.6 Å². The van der Waals surface area contributed by atoms with Crippen molar-refractivity contribution in [3.63, 3.8) is 0 Å². The third-order valence-electron chi connectivity index (χ3n) is 3.01. The number of halogens is 1. The zero-order valence-electron chi connectivity index (χ0n) is 11.0. The van der Waals surface area contributed by atoms with Crippen LogP contribution in [0.25, 0.3) is 0 Å². The maximum absolute atomic E-state index is 12.8. The molecule has 0 radical (unpaired) electrons. The van der Waals surface area contributed by atoms with E-state index < -0.39 is 0 Å². The predicted molar refractivity (Wildman–Crippen MR) is 90.6 cm³/mol. The molecule has 0 atom stereocenters. The van der Waals surface area contributed by atoms with Crippen LogP contribution in [0, 0.1) is 0 Å². The summed E-state index contributed by atoms with van der Waals surface area (Å²) in [4.78, 5) is 16.3. The molecule has 0 aliphatic carbocycles. The summed E-state index contributed by atoms with van der Waals surface area (Å²) in [7, 11) is 0. The van der Waals surface area contributed by atoms with Gasteiger partial charge < -0.3 is 4.90 Å². The van der Waals surface area contributed by atoms with Crippen molar-refractivity contribution < 1.29 is 4.79 Å². The summed E-state index contributed by atoms with van der Waals surface area (Å²) >= 11 is 9.35. The van der Waals surface area contributed by atoms with Crippen molar-refractivity contribution in [3.8, 4) is 0 Å². The maximum Gasteiger partial charge on any atom is 0.268 e. The highest BCUT2D eigenvalue weighted by Crippen LogP contribution is 2.29. The van der Waals surface area contributed by atoms with Crippen LogP contribution in [0.2, 0.25) is 5.02 Å². The number of para-hydroxylation sites is 1. The molecule has 0 N–H and O–H groups in total. The highest BCUT2D eigenvalue weighted by Gasteiger charge is 2.21. The molecule has 0 bridgehead atoms. The molecular formula is C16H12ClNOS2. The lowest BCUT2D eigenvalue weighted by Gasteiger charge is -2.22. The van der Waals surface area contributed by atoms with Gasteiger partial charge in [-0.15, -0.1) is 22.7 Å². The molecule has 3 aromatic rings. The summed E-state index contributed by atoms with van der Waals surface area (Å²) in [5.41, 5.74) is 0.742. The van der Waals surface area contributed by atoms with Crippen molar-refractivity contribution in [1.29, 1.82) is 0 Å². The summed E-state index contributed by atoms with van der Waals surface area (Å²) in [6, 6.07) is 15.2. The van der Waals surface area contributed by atoms with E-state index in [1.165, 1.54) is 11.3 Å². The van der Waals surface area contributed by atoms with Crippen LogP contribution in [0.15, 0.2) is 59.3 Å². The Labute approximate surface area is 136 Å². The third-order valence-corrected chi connectivity index (χ3v) is 5.05. The summed E-state index contributed by atoms with van der Waals surface area (Å²) in [5.74, 6) is -0.0218. The van der Waals surface area contributed by atoms with E-state index >= 15 is 0 Å². The Hall–Kier alpha value is -1.62. The first-order chi connectivity index (χ1) is 10.3. The van der Waals surface area contributed by atoms with E-state index in [1.54, 1.807) is 22.3 Å². The fourth-order valence-electron chi connectivity index (χ4n) is 2.03. The molecular weight excluding hydrogens is 322 g/mol. The Balaban J connectivity index is 1.98. The van der Waals surface area contributed by atoms with Gasteiger partial charge in [0.15, 0.2) is 0 Å². The molecule has 0 aliphatic rings. The number of anilines is 1. The monoisotopic (exact) mass is 333 g/mol. The minimum Gasteiger partial charge on any atom is -0.301 e. The number of hydrogen-bond donors (Lipinski definition) is 0. The van der Waals surface area contributed by atoms with Gasteiger partial charge in [-0.1, -0.05) is 35.9 Å². The molecule has 5 heteroatoms. The zero-order valence-corrected chi connectivity index (χ0v) is 13.4. The Morgan fingerprint density at radius 3 is 2.43 bits per heavy atom. The van der Waals surface area contributed by atoms with Gasteiger partial charge in [-0.05, 0) is 35.0 Å². The van der Waals surface area contributed by atoms with Crippen molar-refractivity contribution >= 4 is 45.9 Å². The van der Waals surface area contributed by atoms with Crippen molar-refractivity contribution in [3.05, 3.63) is 74.1 Å². The van der Waals surface area contributed by atoms with Crippen LogP contribution in [0.3, 0.4) is 0 Å². The molecule has 1 amide bonds. The standard InChI is InChI=1S/C16H12ClNOS2/c17-13-6-1-2-7-14(13)18(11-12-5-3-9-20-12)16(19)15-8-4-10-21-15/h1-10H,11H2. The van der Waals surface area contributed by atoms with Crippen LogP contribution < -0.4 is 4.90 Å². The van der Waals surface area contributed by atoms with Gasteiger partial charge in [-0.3, -0.25) is 4.79 Å². The quantitative estimate of drug-likeness (QED) is 0.633. The molecule has 0 unspecified atom stereocenters. The van der Waals surface area contributed by atoms with Crippen LogP contribution in [-0.2, 0) is 6.54 Å². The average molecular weight is 334 g/mol. The van der Waals surface area contributed by atoms with Crippen molar-refractivity contribution in [2.24, 2.45) is 0 Å². The molecule has 0 aliphatic heterocycles. The van der Waals surface area contributed by atoms with Gasteiger partial charge in [-0.25, -0.2) is 0 Å². The number of amides is 1. The molecule has 0 fully saturated rings. The van der Waals surface area contributed by atoms with E-state index in [2.05, 4.69) is 0 Å².